The van der Waals surface area contributed by atoms with Gasteiger partial charge in [-0.1, -0.05) is 45.5 Å². The quantitative estimate of drug-likeness (QED) is 0.124. The van der Waals surface area contributed by atoms with Gasteiger partial charge in [0.2, 0.25) is 0 Å². The van der Waals surface area contributed by atoms with Crippen molar-refractivity contribution < 1.29 is 23.9 Å². The molecule has 0 aliphatic carbocycles. The van der Waals surface area contributed by atoms with Gasteiger partial charge in [-0.2, -0.15) is 0 Å². The summed E-state index contributed by atoms with van der Waals surface area (Å²) in [6.45, 7) is 6.12. The molecule has 44 heavy (non-hydrogen) atoms. The molecule has 226 valence electrons. The molecule has 0 unspecified atom stereocenters. The Labute approximate surface area is 264 Å². The highest BCUT2D eigenvalue weighted by atomic mass is 79.9. The summed E-state index contributed by atoms with van der Waals surface area (Å²) in [6, 6.07) is 18.3. The molecule has 2 heterocycles. The van der Waals surface area contributed by atoms with Gasteiger partial charge >= 0.3 is 5.97 Å². The lowest BCUT2D eigenvalue weighted by Crippen LogP contribution is -2.39. The minimum atomic E-state index is -0.699. The maximum absolute atomic E-state index is 13.9. The van der Waals surface area contributed by atoms with E-state index >= 15 is 0 Å². The molecule has 1 aliphatic heterocycles. The molecule has 0 N–H and O–H groups in total. The van der Waals surface area contributed by atoms with Gasteiger partial charge < -0.3 is 14.2 Å². The van der Waals surface area contributed by atoms with Crippen molar-refractivity contribution in [1.29, 1.82) is 0 Å². The first-order valence-electron chi connectivity index (χ1n) is 13.8. The normalized spacial score (nSPS) is 14.5. The lowest BCUT2D eigenvalue weighted by molar-refractivity contribution is -0.384. The summed E-state index contributed by atoms with van der Waals surface area (Å²) >= 11 is 4.69. The third-order valence-corrected chi connectivity index (χ3v) is 8.32. The smallest absolute Gasteiger partial charge is 0.338 e. The van der Waals surface area contributed by atoms with E-state index in [1.165, 1.54) is 23.5 Å². The molecule has 10 nitrogen and oxygen atoms in total. The summed E-state index contributed by atoms with van der Waals surface area (Å²) in [4.78, 5) is 42.6. The molecule has 1 atom stereocenters. The van der Waals surface area contributed by atoms with Crippen LogP contribution in [0.2, 0.25) is 0 Å². The Hall–Kier alpha value is -4.55. The molecule has 0 bridgehead atoms. The van der Waals surface area contributed by atoms with Gasteiger partial charge in [0.1, 0.15) is 6.61 Å². The number of halogens is 1. The molecule has 0 saturated heterocycles. The van der Waals surface area contributed by atoms with E-state index in [4.69, 9.17) is 14.2 Å². The molecule has 0 saturated carbocycles. The second-order valence-electron chi connectivity index (χ2n) is 9.71. The summed E-state index contributed by atoms with van der Waals surface area (Å²) in [5.74, 6) is 0.472. The Bertz CT molecular complexity index is 1930. The lowest BCUT2D eigenvalue weighted by atomic mass is 9.96. The van der Waals surface area contributed by atoms with E-state index in [0.29, 0.717) is 44.3 Å². The largest absolute Gasteiger partial charge is 0.490 e. The summed E-state index contributed by atoms with van der Waals surface area (Å²) < 4.78 is 20.0. The molecular weight excluding hydrogens is 650 g/mol. The second kappa shape index (κ2) is 13.4. The number of carbonyl (C=O) groups excluding carboxylic acids is 1. The topological polar surface area (TPSA) is 122 Å². The molecule has 3 aromatic carbocycles. The zero-order valence-electron chi connectivity index (χ0n) is 24.1. The van der Waals surface area contributed by atoms with Crippen LogP contribution in [0.3, 0.4) is 0 Å². The van der Waals surface area contributed by atoms with Crippen molar-refractivity contribution >= 4 is 45.0 Å². The summed E-state index contributed by atoms with van der Waals surface area (Å²) in [5, 5.41) is 10.9. The zero-order valence-corrected chi connectivity index (χ0v) is 26.5. The van der Waals surface area contributed by atoms with Gasteiger partial charge in [0, 0.05) is 16.6 Å². The van der Waals surface area contributed by atoms with Gasteiger partial charge in [-0.15, -0.1) is 0 Å². The predicted molar refractivity (Wildman–Crippen MR) is 170 cm³/mol. The maximum Gasteiger partial charge on any atom is 0.338 e. The molecule has 1 aliphatic rings. The Morgan fingerprint density at radius 2 is 1.77 bits per heavy atom. The number of nitro groups is 1. The van der Waals surface area contributed by atoms with Crippen LogP contribution in [0.1, 0.15) is 43.5 Å². The van der Waals surface area contributed by atoms with Crippen LogP contribution in [0.25, 0.3) is 6.08 Å². The van der Waals surface area contributed by atoms with Crippen molar-refractivity contribution in [2.45, 2.75) is 33.4 Å². The maximum atomic E-state index is 13.9. The average molecular weight is 679 g/mol. The lowest BCUT2D eigenvalue weighted by Gasteiger charge is -2.24. The average Bonchev–Trinajstić information content (AvgIpc) is 3.30. The monoisotopic (exact) mass is 677 g/mol. The van der Waals surface area contributed by atoms with E-state index in [9.17, 15) is 19.7 Å². The number of rotatable bonds is 10. The van der Waals surface area contributed by atoms with Crippen LogP contribution in [0.4, 0.5) is 5.69 Å². The van der Waals surface area contributed by atoms with E-state index in [2.05, 4.69) is 20.9 Å². The van der Waals surface area contributed by atoms with Crippen LogP contribution in [0.5, 0.6) is 11.5 Å². The fourth-order valence-electron chi connectivity index (χ4n) is 4.78. The number of aromatic nitrogens is 1. The van der Waals surface area contributed by atoms with Gasteiger partial charge in [-0.05, 0) is 79.9 Å². The number of ether oxygens (including phenoxy) is 3. The molecule has 4 aromatic rings. The number of nitro benzene ring substituents is 1. The SMILES string of the molecule is CCOC(=O)C1=C(C)N=c2s/c(=C\c3ccc(OCc4ccc([N+](=O)[O-])cc4)c(OCC)c3)c(=O)n2[C@H]1c1ccc(Br)cc1. The zero-order chi connectivity index (χ0) is 31.4. The number of non-ortho nitro benzene ring substituents is 1. The molecule has 12 heteroatoms. The Morgan fingerprint density at radius 1 is 1.05 bits per heavy atom. The minimum Gasteiger partial charge on any atom is -0.490 e. The number of hydrogen-bond acceptors (Lipinski definition) is 9. The van der Waals surface area contributed by atoms with Crippen LogP contribution >= 0.6 is 27.3 Å². The number of esters is 1. The highest BCUT2D eigenvalue weighted by Crippen LogP contribution is 2.32. The number of benzene rings is 3. The molecule has 0 spiro atoms. The first-order valence-corrected chi connectivity index (χ1v) is 15.4. The number of thiazole rings is 1. The molecule has 1 aromatic heterocycles. The van der Waals surface area contributed by atoms with Gasteiger partial charge in [0.05, 0.1) is 40.0 Å². The minimum absolute atomic E-state index is 0.00817. The number of hydrogen-bond donors (Lipinski definition) is 0. The second-order valence-corrected chi connectivity index (χ2v) is 11.6. The van der Waals surface area contributed by atoms with Gasteiger partial charge in [-0.3, -0.25) is 19.5 Å². The number of allylic oxidation sites excluding steroid dienone is 1. The van der Waals surface area contributed by atoms with Crippen LogP contribution in [-0.2, 0) is 16.1 Å². The summed E-state index contributed by atoms with van der Waals surface area (Å²) in [6.07, 6.45) is 1.76. The van der Waals surface area contributed by atoms with E-state index in [-0.39, 0.29) is 24.5 Å². The van der Waals surface area contributed by atoms with E-state index < -0.39 is 16.9 Å². The van der Waals surface area contributed by atoms with Crippen LogP contribution in [0, 0.1) is 10.1 Å². The molecule has 0 fully saturated rings. The fraction of sp³-hybridized carbons (Fsp3) is 0.219. The Kier molecular flexibility index (Phi) is 9.40. The summed E-state index contributed by atoms with van der Waals surface area (Å²) in [7, 11) is 0. The van der Waals surface area contributed by atoms with E-state index in [1.807, 2.05) is 37.3 Å². The predicted octanol–water partition coefficient (Wildman–Crippen LogP) is 5.45. The van der Waals surface area contributed by atoms with Crippen LogP contribution < -0.4 is 24.4 Å². The van der Waals surface area contributed by atoms with Crippen molar-refractivity contribution in [3.63, 3.8) is 0 Å². The fourth-order valence-corrected chi connectivity index (χ4v) is 6.09. The Balaban J connectivity index is 1.51. The van der Waals surface area contributed by atoms with E-state index in [0.717, 1.165) is 15.6 Å². The number of nitrogens with zero attached hydrogens (tertiary/aromatic N) is 3. The van der Waals surface area contributed by atoms with E-state index in [1.54, 1.807) is 48.8 Å². The van der Waals surface area contributed by atoms with Crippen molar-refractivity contribution in [2.24, 2.45) is 4.99 Å². The highest BCUT2D eigenvalue weighted by molar-refractivity contribution is 9.10. The first-order chi connectivity index (χ1) is 21.2. The van der Waals surface area contributed by atoms with Gasteiger partial charge in [0.25, 0.3) is 11.2 Å². The standard InChI is InChI=1S/C32H28BrN3O7S/c1-4-41-26-16-21(8-15-25(26)43-18-20-6-13-24(14-7-20)36(39)40)17-27-30(37)35-29(22-9-11-23(33)12-10-22)28(31(38)42-5-2)19(3)34-32(35)44-27/h6-17,29H,4-5,18H2,1-3H3/b27-17-/t29-/m0/s1. The number of fused-ring (bicyclic) bond motifs is 1. The molecule has 5 rings (SSSR count). The third-order valence-electron chi connectivity index (χ3n) is 6.81. The van der Waals surface area contributed by atoms with Crippen molar-refractivity contribution in [3.8, 4) is 11.5 Å². The van der Waals surface area contributed by atoms with Gasteiger partial charge in [-0.25, -0.2) is 9.79 Å². The molecular formula is C32H28BrN3O7S. The molecule has 0 radical (unpaired) electrons. The number of carbonyl (C=O) groups is 1. The highest BCUT2D eigenvalue weighted by Gasteiger charge is 2.33. The van der Waals surface area contributed by atoms with Crippen LogP contribution in [-0.4, -0.2) is 28.7 Å². The first kappa shape index (κ1) is 30.9. The van der Waals surface area contributed by atoms with Crippen molar-refractivity contribution in [2.75, 3.05) is 13.2 Å². The molecule has 0 amide bonds. The third kappa shape index (κ3) is 6.51. The van der Waals surface area contributed by atoms with Crippen molar-refractivity contribution in [3.05, 3.63) is 129 Å². The van der Waals surface area contributed by atoms with Gasteiger partial charge in [0.15, 0.2) is 16.3 Å². The summed E-state index contributed by atoms with van der Waals surface area (Å²) in [5.41, 5.74) is 2.77. The van der Waals surface area contributed by atoms with Crippen molar-refractivity contribution in [1.82, 2.24) is 4.57 Å². The van der Waals surface area contributed by atoms with Crippen LogP contribution in [0.15, 0.2) is 92.3 Å². The Morgan fingerprint density at radius 3 is 2.43 bits per heavy atom.